The average molecular weight is 429 g/mol. The fourth-order valence-corrected chi connectivity index (χ4v) is 3.60. The predicted octanol–water partition coefficient (Wildman–Crippen LogP) is 0.857. The van der Waals surface area contributed by atoms with E-state index in [-0.39, 0.29) is 5.78 Å². The van der Waals surface area contributed by atoms with Gasteiger partial charge in [0.15, 0.2) is 5.78 Å². The maximum absolute atomic E-state index is 12.9. The SMILES string of the molecule is CC(=O)N[C@H]1[C@H](Oc2ccc(C(=O)c3ccccc3C)cc2C)O[C@H](CO)[C@@H](O)[C@@H]1O. The third-order valence-corrected chi connectivity index (χ3v) is 5.32. The normalized spacial score (nSPS) is 25.7. The molecule has 0 bridgehead atoms. The number of carbonyl (C=O) groups excluding carboxylic acids is 2. The molecule has 0 radical (unpaired) electrons. The van der Waals surface area contributed by atoms with Crippen LogP contribution < -0.4 is 10.1 Å². The van der Waals surface area contributed by atoms with Gasteiger partial charge in [0, 0.05) is 18.1 Å². The summed E-state index contributed by atoms with van der Waals surface area (Å²) in [6.45, 7) is 4.37. The zero-order valence-corrected chi connectivity index (χ0v) is 17.6. The molecule has 166 valence electrons. The highest BCUT2D eigenvalue weighted by Crippen LogP contribution is 2.28. The van der Waals surface area contributed by atoms with Crippen molar-refractivity contribution in [1.82, 2.24) is 5.32 Å². The number of nitrogens with one attached hydrogen (secondary N) is 1. The molecule has 8 nitrogen and oxygen atoms in total. The van der Waals surface area contributed by atoms with E-state index in [2.05, 4.69) is 5.32 Å². The Hall–Kier alpha value is -2.78. The van der Waals surface area contributed by atoms with Crippen LogP contribution >= 0.6 is 0 Å². The molecule has 1 aliphatic heterocycles. The molecule has 31 heavy (non-hydrogen) atoms. The first kappa shape index (κ1) is 22.9. The summed E-state index contributed by atoms with van der Waals surface area (Å²) < 4.78 is 11.5. The summed E-state index contributed by atoms with van der Waals surface area (Å²) in [7, 11) is 0. The second-order valence-corrected chi connectivity index (χ2v) is 7.68. The second kappa shape index (κ2) is 9.57. The van der Waals surface area contributed by atoms with E-state index in [1.54, 1.807) is 31.2 Å². The van der Waals surface area contributed by atoms with Gasteiger partial charge < -0.3 is 30.1 Å². The average Bonchev–Trinajstić information content (AvgIpc) is 2.74. The smallest absolute Gasteiger partial charge is 0.223 e. The molecule has 0 saturated carbocycles. The van der Waals surface area contributed by atoms with Crippen molar-refractivity contribution in [3.8, 4) is 5.75 Å². The van der Waals surface area contributed by atoms with Gasteiger partial charge in [-0.15, -0.1) is 0 Å². The van der Waals surface area contributed by atoms with Crippen LogP contribution in [0.15, 0.2) is 42.5 Å². The Morgan fingerprint density at radius 2 is 1.77 bits per heavy atom. The van der Waals surface area contributed by atoms with Crippen molar-refractivity contribution in [2.24, 2.45) is 0 Å². The van der Waals surface area contributed by atoms with E-state index < -0.39 is 43.2 Å². The lowest BCUT2D eigenvalue weighted by atomic mass is 9.96. The van der Waals surface area contributed by atoms with Crippen LogP contribution in [0.2, 0.25) is 0 Å². The van der Waals surface area contributed by atoms with E-state index in [9.17, 15) is 24.9 Å². The third-order valence-electron chi connectivity index (χ3n) is 5.32. The largest absolute Gasteiger partial charge is 0.462 e. The molecular formula is C23H27NO7. The number of aliphatic hydroxyl groups excluding tert-OH is 3. The maximum atomic E-state index is 12.9. The first-order valence-corrected chi connectivity index (χ1v) is 10.00. The Balaban J connectivity index is 1.84. The molecule has 0 aliphatic carbocycles. The van der Waals surface area contributed by atoms with Gasteiger partial charge >= 0.3 is 0 Å². The molecule has 0 aromatic heterocycles. The van der Waals surface area contributed by atoms with Gasteiger partial charge in [-0.05, 0) is 43.2 Å². The van der Waals surface area contributed by atoms with Gasteiger partial charge in [0.2, 0.25) is 12.2 Å². The lowest BCUT2D eigenvalue weighted by Gasteiger charge is -2.42. The maximum Gasteiger partial charge on any atom is 0.223 e. The summed E-state index contributed by atoms with van der Waals surface area (Å²) in [5.74, 6) is -0.176. The minimum Gasteiger partial charge on any atom is -0.462 e. The lowest BCUT2D eigenvalue weighted by Crippen LogP contribution is -2.65. The number of carbonyl (C=O) groups is 2. The molecule has 2 aromatic carbocycles. The first-order valence-electron chi connectivity index (χ1n) is 10.00. The fraction of sp³-hybridized carbons (Fsp3) is 0.391. The number of hydrogen-bond donors (Lipinski definition) is 4. The lowest BCUT2D eigenvalue weighted by molar-refractivity contribution is -0.244. The molecule has 0 unspecified atom stereocenters. The van der Waals surface area contributed by atoms with Gasteiger partial charge in [0.25, 0.3) is 0 Å². The molecular weight excluding hydrogens is 402 g/mol. The van der Waals surface area contributed by atoms with Gasteiger partial charge in [-0.3, -0.25) is 9.59 Å². The minimum absolute atomic E-state index is 0.114. The number of hydrogen-bond acceptors (Lipinski definition) is 7. The van der Waals surface area contributed by atoms with Crippen LogP contribution in [-0.4, -0.2) is 64.3 Å². The highest BCUT2D eigenvalue weighted by molar-refractivity contribution is 6.10. The zero-order valence-electron chi connectivity index (χ0n) is 17.6. The summed E-state index contributed by atoms with van der Waals surface area (Å²) >= 11 is 0. The van der Waals surface area contributed by atoms with Crippen molar-refractivity contribution in [3.63, 3.8) is 0 Å². The topological polar surface area (TPSA) is 125 Å². The second-order valence-electron chi connectivity index (χ2n) is 7.68. The molecule has 1 amide bonds. The number of ketones is 1. The van der Waals surface area contributed by atoms with Crippen molar-refractivity contribution >= 4 is 11.7 Å². The van der Waals surface area contributed by atoms with Gasteiger partial charge in [-0.2, -0.15) is 0 Å². The zero-order chi connectivity index (χ0) is 22.7. The Labute approximate surface area is 180 Å². The monoisotopic (exact) mass is 429 g/mol. The van der Waals surface area contributed by atoms with Gasteiger partial charge in [-0.25, -0.2) is 0 Å². The van der Waals surface area contributed by atoms with Crippen LogP contribution in [0, 0.1) is 13.8 Å². The van der Waals surface area contributed by atoms with Crippen LogP contribution in [0.25, 0.3) is 0 Å². The van der Waals surface area contributed by atoms with Gasteiger partial charge in [-0.1, -0.05) is 24.3 Å². The summed E-state index contributed by atoms with van der Waals surface area (Å²) in [6.07, 6.45) is -5.03. The molecule has 1 heterocycles. The van der Waals surface area contributed by atoms with Crippen LogP contribution in [0.5, 0.6) is 5.75 Å². The van der Waals surface area contributed by atoms with E-state index in [4.69, 9.17) is 9.47 Å². The number of benzene rings is 2. The highest BCUT2D eigenvalue weighted by Gasteiger charge is 2.46. The van der Waals surface area contributed by atoms with Crippen LogP contribution in [-0.2, 0) is 9.53 Å². The molecule has 1 aliphatic rings. The van der Waals surface area contributed by atoms with Crippen molar-refractivity contribution in [1.29, 1.82) is 0 Å². The number of amides is 1. The molecule has 2 aromatic rings. The van der Waals surface area contributed by atoms with Crippen molar-refractivity contribution < 1.29 is 34.4 Å². The molecule has 1 saturated heterocycles. The van der Waals surface area contributed by atoms with Crippen molar-refractivity contribution in [2.75, 3.05) is 6.61 Å². The van der Waals surface area contributed by atoms with E-state index in [1.165, 1.54) is 6.92 Å². The Bertz CT molecular complexity index is 961. The van der Waals surface area contributed by atoms with Gasteiger partial charge in [0.05, 0.1) is 6.61 Å². The van der Waals surface area contributed by atoms with Crippen LogP contribution in [0.3, 0.4) is 0 Å². The van der Waals surface area contributed by atoms with Crippen molar-refractivity contribution in [2.45, 2.75) is 51.4 Å². The molecule has 8 heteroatoms. The standard InChI is InChI=1S/C23H27NO7/c1-12-6-4-5-7-16(12)20(27)15-8-9-17(13(2)10-15)30-23-19(24-14(3)26)22(29)21(28)18(11-25)31-23/h4-10,18-19,21-23,25,28-29H,11H2,1-3H3,(H,24,26)/t18-,19-,21-,22-,23-/m1/s1. The number of aliphatic hydroxyl groups is 3. The minimum atomic E-state index is -1.40. The fourth-order valence-electron chi connectivity index (χ4n) is 3.60. The molecule has 1 fully saturated rings. The van der Waals surface area contributed by atoms with Crippen LogP contribution in [0.4, 0.5) is 0 Å². The number of ether oxygens (including phenoxy) is 2. The summed E-state index contributed by atoms with van der Waals surface area (Å²) in [5, 5.41) is 32.5. The van der Waals surface area contributed by atoms with E-state index in [0.29, 0.717) is 22.4 Å². The Kier molecular flexibility index (Phi) is 7.07. The molecule has 4 N–H and O–H groups in total. The first-order chi connectivity index (χ1) is 14.7. The van der Waals surface area contributed by atoms with E-state index >= 15 is 0 Å². The van der Waals surface area contributed by atoms with E-state index in [1.807, 2.05) is 25.1 Å². The molecule has 0 spiro atoms. The molecule has 5 atom stereocenters. The number of rotatable bonds is 6. The highest BCUT2D eigenvalue weighted by atomic mass is 16.7. The van der Waals surface area contributed by atoms with E-state index in [0.717, 1.165) is 5.56 Å². The quantitative estimate of drug-likeness (QED) is 0.502. The third kappa shape index (κ3) is 4.94. The van der Waals surface area contributed by atoms with Gasteiger partial charge in [0.1, 0.15) is 30.1 Å². The Morgan fingerprint density at radius 3 is 2.39 bits per heavy atom. The number of aryl methyl sites for hydroxylation is 2. The van der Waals surface area contributed by atoms with Crippen LogP contribution in [0.1, 0.15) is 34.0 Å². The molecule has 3 rings (SSSR count). The summed E-state index contributed by atoms with van der Waals surface area (Å²) in [5.41, 5.74) is 2.62. The summed E-state index contributed by atoms with van der Waals surface area (Å²) in [4.78, 5) is 24.4. The summed E-state index contributed by atoms with van der Waals surface area (Å²) in [6, 6.07) is 11.2. The Morgan fingerprint density at radius 1 is 1.06 bits per heavy atom. The van der Waals surface area contributed by atoms with Crippen molar-refractivity contribution in [3.05, 3.63) is 64.7 Å². The predicted molar refractivity (Wildman–Crippen MR) is 112 cm³/mol.